The summed E-state index contributed by atoms with van der Waals surface area (Å²) in [6.07, 6.45) is 0.106. The Morgan fingerprint density at radius 1 is 1.33 bits per heavy atom. The van der Waals surface area contributed by atoms with E-state index in [0.29, 0.717) is 23.9 Å². The van der Waals surface area contributed by atoms with Crippen molar-refractivity contribution < 1.29 is 17.1 Å². The van der Waals surface area contributed by atoms with Crippen LogP contribution < -0.4 is 0 Å². The second-order valence-corrected chi connectivity index (χ2v) is 7.93. The molecule has 0 bridgehead atoms. The fourth-order valence-electron chi connectivity index (χ4n) is 2.27. The molecule has 0 N–H and O–H groups in total. The smallest absolute Gasteiger partial charge is 0.302 e. The second kappa shape index (κ2) is 6.98. The molecule has 1 aliphatic rings. The highest BCUT2D eigenvalue weighted by Crippen LogP contribution is 2.23. The Hall–Kier alpha value is -0.790. The van der Waals surface area contributed by atoms with Crippen molar-refractivity contribution in [2.24, 2.45) is 5.92 Å². The van der Waals surface area contributed by atoms with Gasteiger partial charge in [0.05, 0.1) is 5.75 Å². The summed E-state index contributed by atoms with van der Waals surface area (Å²) in [5.74, 6) is -0.421. The van der Waals surface area contributed by atoms with Gasteiger partial charge >= 0.3 is 10.2 Å². The molecule has 1 amide bonds. The van der Waals surface area contributed by atoms with Gasteiger partial charge in [-0.1, -0.05) is 11.6 Å². The Morgan fingerprint density at radius 3 is 2.62 bits per heavy atom. The molecular formula is C13H15ClFNO3S2. The topological polar surface area (TPSA) is 54.5 Å². The number of carbonyl (C=O) groups excluding carboxylic acids is 1. The average Bonchev–Trinajstić information content (AvgIpc) is 2.70. The molecule has 116 valence electrons. The van der Waals surface area contributed by atoms with E-state index in [2.05, 4.69) is 0 Å². The fraction of sp³-hybridized carbons (Fsp3) is 0.462. The summed E-state index contributed by atoms with van der Waals surface area (Å²) < 4.78 is 33.9. The highest BCUT2D eigenvalue weighted by atomic mass is 35.5. The molecule has 1 aromatic rings. The van der Waals surface area contributed by atoms with E-state index in [4.69, 9.17) is 11.6 Å². The number of nitrogens with zero attached hydrogens (tertiary/aromatic N) is 1. The average molecular weight is 352 g/mol. The number of amides is 1. The van der Waals surface area contributed by atoms with Crippen LogP contribution in [0.3, 0.4) is 0 Å². The summed E-state index contributed by atoms with van der Waals surface area (Å²) in [6, 6.07) is 7.40. The van der Waals surface area contributed by atoms with Crippen LogP contribution in [0.1, 0.15) is 6.42 Å². The Bertz CT molecular complexity index is 606. The first-order chi connectivity index (χ1) is 9.83. The van der Waals surface area contributed by atoms with Crippen LogP contribution in [0.5, 0.6) is 0 Å². The monoisotopic (exact) mass is 351 g/mol. The molecule has 21 heavy (non-hydrogen) atoms. The minimum absolute atomic E-state index is 0.106. The molecule has 1 aliphatic heterocycles. The van der Waals surface area contributed by atoms with Crippen LogP contribution in [0.4, 0.5) is 3.89 Å². The number of rotatable bonds is 6. The van der Waals surface area contributed by atoms with Crippen LogP contribution in [0.25, 0.3) is 0 Å². The van der Waals surface area contributed by atoms with Gasteiger partial charge in [-0.3, -0.25) is 4.79 Å². The molecule has 2 rings (SSSR count). The standard InChI is InChI=1S/C13H15ClFNO3S2/c14-11-1-3-12(4-2-11)20-6-5-16-8-10(7-13(16)17)9-21(15,18)19/h1-4,10H,5-9H2. The quantitative estimate of drug-likeness (QED) is 0.584. The third-order valence-electron chi connectivity index (χ3n) is 3.17. The molecule has 0 spiro atoms. The van der Waals surface area contributed by atoms with E-state index in [1.165, 1.54) is 0 Å². The van der Waals surface area contributed by atoms with Crippen molar-refractivity contribution in [3.05, 3.63) is 29.3 Å². The van der Waals surface area contributed by atoms with Gasteiger partial charge in [0.1, 0.15) is 0 Å². The summed E-state index contributed by atoms with van der Waals surface area (Å²) in [7, 11) is -4.52. The van der Waals surface area contributed by atoms with Gasteiger partial charge in [0.2, 0.25) is 5.91 Å². The van der Waals surface area contributed by atoms with E-state index in [0.717, 1.165) is 4.90 Å². The van der Waals surface area contributed by atoms with Crippen molar-refractivity contribution in [2.75, 3.05) is 24.6 Å². The van der Waals surface area contributed by atoms with E-state index >= 15 is 0 Å². The minimum atomic E-state index is -4.52. The molecule has 0 radical (unpaired) electrons. The zero-order chi connectivity index (χ0) is 15.5. The molecule has 1 fully saturated rings. The van der Waals surface area contributed by atoms with Crippen LogP contribution in [0.15, 0.2) is 29.2 Å². The zero-order valence-electron chi connectivity index (χ0n) is 11.2. The Labute approximate surface area is 132 Å². The second-order valence-electron chi connectivity index (χ2n) is 4.92. The maximum absolute atomic E-state index is 12.6. The van der Waals surface area contributed by atoms with Crippen LogP contribution in [0.2, 0.25) is 5.02 Å². The van der Waals surface area contributed by atoms with Crippen LogP contribution in [-0.2, 0) is 15.0 Å². The van der Waals surface area contributed by atoms with Gasteiger partial charge in [-0.15, -0.1) is 15.6 Å². The third-order valence-corrected chi connectivity index (χ3v) is 5.29. The molecule has 0 aromatic heterocycles. The van der Waals surface area contributed by atoms with E-state index in [1.54, 1.807) is 28.8 Å². The molecule has 4 nitrogen and oxygen atoms in total. The molecule has 0 aliphatic carbocycles. The maximum Gasteiger partial charge on any atom is 0.302 e. The van der Waals surface area contributed by atoms with Crippen LogP contribution in [0, 0.1) is 5.92 Å². The lowest BCUT2D eigenvalue weighted by Crippen LogP contribution is -2.28. The van der Waals surface area contributed by atoms with Crippen LogP contribution in [-0.4, -0.2) is 43.8 Å². The Kier molecular flexibility index (Phi) is 5.51. The van der Waals surface area contributed by atoms with E-state index in [-0.39, 0.29) is 12.3 Å². The van der Waals surface area contributed by atoms with Crippen molar-refractivity contribution in [3.8, 4) is 0 Å². The lowest BCUT2D eigenvalue weighted by molar-refractivity contribution is -0.127. The Balaban J connectivity index is 1.78. The predicted octanol–water partition coefficient (Wildman–Crippen LogP) is 2.58. The normalized spacial score (nSPS) is 19.2. The van der Waals surface area contributed by atoms with Gasteiger partial charge in [-0.25, -0.2) is 0 Å². The summed E-state index contributed by atoms with van der Waals surface area (Å²) in [6.45, 7) is 0.831. The van der Waals surface area contributed by atoms with Crippen molar-refractivity contribution >= 4 is 39.5 Å². The van der Waals surface area contributed by atoms with E-state index < -0.39 is 21.9 Å². The zero-order valence-corrected chi connectivity index (χ0v) is 13.6. The first-order valence-corrected chi connectivity index (χ1v) is 9.33. The molecule has 1 aromatic carbocycles. The van der Waals surface area contributed by atoms with Gasteiger partial charge in [-0.05, 0) is 24.3 Å². The van der Waals surface area contributed by atoms with E-state index in [9.17, 15) is 17.1 Å². The summed E-state index contributed by atoms with van der Waals surface area (Å²) in [5.41, 5.74) is 0. The van der Waals surface area contributed by atoms with E-state index in [1.807, 2.05) is 12.1 Å². The maximum atomic E-state index is 12.6. The number of hydrogen-bond donors (Lipinski definition) is 0. The van der Waals surface area contributed by atoms with Crippen molar-refractivity contribution in [1.82, 2.24) is 4.90 Å². The predicted molar refractivity (Wildman–Crippen MR) is 81.8 cm³/mol. The van der Waals surface area contributed by atoms with Gasteiger partial charge in [0.25, 0.3) is 0 Å². The van der Waals surface area contributed by atoms with Gasteiger partial charge in [0, 0.05) is 41.1 Å². The molecule has 1 atom stereocenters. The van der Waals surface area contributed by atoms with Crippen molar-refractivity contribution in [2.45, 2.75) is 11.3 Å². The first kappa shape index (κ1) is 16.6. The highest BCUT2D eigenvalue weighted by molar-refractivity contribution is 7.99. The lowest BCUT2D eigenvalue weighted by Gasteiger charge is -2.15. The molecule has 1 unspecified atom stereocenters. The largest absolute Gasteiger partial charge is 0.342 e. The number of carbonyl (C=O) groups is 1. The first-order valence-electron chi connectivity index (χ1n) is 6.42. The molecular weight excluding hydrogens is 337 g/mol. The van der Waals surface area contributed by atoms with Gasteiger partial charge < -0.3 is 4.90 Å². The minimum Gasteiger partial charge on any atom is -0.342 e. The number of benzene rings is 1. The highest BCUT2D eigenvalue weighted by Gasteiger charge is 2.32. The molecule has 1 saturated heterocycles. The van der Waals surface area contributed by atoms with Crippen molar-refractivity contribution in [3.63, 3.8) is 0 Å². The molecule has 1 heterocycles. The van der Waals surface area contributed by atoms with Crippen molar-refractivity contribution in [1.29, 1.82) is 0 Å². The fourth-order valence-corrected chi connectivity index (χ4v) is 4.06. The summed E-state index contributed by atoms with van der Waals surface area (Å²) in [5, 5.41) is 0.671. The SMILES string of the molecule is O=C1CC(CS(=O)(=O)F)CN1CCSc1ccc(Cl)cc1. The van der Waals surface area contributed by atoms with Gasteiger partial charge in [-0.2, -0.15) is 8.42 Å². The number of likely N-dealkylation sites (tertiary alicyclic amines) is 1. The summed E-state index contributed by atoms with van der Waals surface area (Å²) >= 11 is 7.38. The van der Waals surface area contributed by atoms with Crippen LogP contribution >= 0.6 is 23.4 Å². The van der Waals surface area contributed by atoms with Gasteiger partial charge in [0.15, 0.2) is 0 Å². The summed E-state index contributed by atoms with van der Waals surface area (Å²) in [4.78, 5) is 14.4. The Morgan fingerprint density at radius 2 is 2.00 bits per heavy atom. The number of halogens is 2. The number of thioether (sulfide) groups is 1. The molecule has 0 saturated carbocycles. The number of hydrogen-bond acceptors (Lipinski definition) is 4. The lowest BCUT2D eigenvalue weighted by atomic mass is 10.1. The third kappa shape index (κ3) is 5.48. The molecule has 8 heteroatoms.